The van der Waals surface area contributed by atoms with Crippen LogP contribution >= 0.6 is 11.6 Å². The standard InChI is InChI=1S/C11H13ClN2O/c12-11-2-1-6(5-13-11)7-3-9-10(15)4-8(7)14-9/h1-2,5,7-10,14-15H,3-4H2/t7?,8?,9?,10-/m1/s1. The summed E-state index contributed by atoms with van der Waals surface area (Å²) in [5.74, 6) is 0.489. The molecular weight excluding hydrogens is 212 g/mol. The minimum Gasteiger partial charge on any atom is -0.391 e. The van der Waals surface area contributed by atoms with Gasteiger partial charge < -0.3 is 10.4 Å². The van der Waals surface area contributed by atoms with Crippen LogP contribution in [0.1, 0.15) is 24.3 Å². The molecule has 3 heterocycles. The molecule has 3 unspecified atom stereocenters. The van der Waals surface area contributed by atoms with Crippen molar-refractivity contribution in [2.75, 3.05) is 0 Å². The van der Waals surface area contributed by atoms with Crippen molar-refractivity contribution >= 4 is 11.6 Å². The molecule has 0 spiro atoms. The van der Waals surface area contributed by atoms with E-state index in [2.05, 4.69) is 10.3 Å². The SMILES string of the molecule is O[C@@H]1CC2NC1CC2c1ccc(Cl)nc1. The van der Waals surface area contributed by atoms with Gasteiger partial charge in [-0.25, -0.2) is 4.98 Å². The summed E-state index contributed by atoms with van der Waals surface area (Å²) in [5, 5.41) is 13.6. The van der Waals surface area contributed by atoms with Gasteiger partial charge in [-0.05, 0) is 24.5 Å². The molecule has 80 valence electrons. The first-order valence-corrected chi connectivity index (χ1v) is 5.67. The summed E-state index contributed by atoms with van der Waals surface area (Å²) in [6.07, 6.45) is 3.56. The lowest BCUT2D eigenvalue weighted by molar-refractivity contribution is 0.140. The smallest absolute Gasteiger partial charge is 0.129 e. The van der Waals surface area contributed by atoms with Gasteiger partial charge in [0.2, 0.25) is 0 Å². The zero-order chi connectivity index (χ0) is 10.4. The van der Waals surface area contributed by atoms with Gasteiger partial charge in [0.05, 0.1) is 6.10 Å². The third-order valence-electron chi connectivity index (χ3n) is 3.56. The van der Waals surface area contributed by atoms with E-state index in [1.807, 2.05) is 18.3 Å². The number of nitrogens with zero attached hydrogens (tertiary/aromatic N) is 1. The Morgan fingerprint density at radius 2 is 2.20 bits per heavy atom. The Bertz CT molecular complexity index is 365. The molecule has 2 N–H and O–H groups in total. The first-order chi connectivity index (χ1) is 7.24. The van der Waals surface area contributed by atoms with E-state index in [4.69, 9.17) is 11.6 Å². The van der Waals surface area contributed by atoms with Gasteiger partial charge in [0.15, 0.2) is 0 Å². The van der Waals surface area contributed by atoms with Gasteiger partial charge in [-0.1, -0.05) is 17.7 Å². The first kappa shape index (κ1) is 9.58. The van der Waals surface area contributed by atoms with Gasteiger partial charge in [0, 0.05) is 24.2 Å². The van der Waals surface area contributed by atoms with Gasteiger partial charge >= 0.3 is 0 Å². The predicted molar refractivity (Wildman–Crippen MR) is 57.9 cm³/mol. The van der Waals surface area contributed by atoms with Crippen molar-refractivity contribution in [1.82, 2.24) is 10.3 Å². The fourth-order valence-corrected chi connectivity index (χ4v) is 2.91. The average molecular weight is 225 g/mol. The maximum Gasteiger partial charge on any atom is 0.129 e. The zero-order valence-electron chi connectivity index (χ0n) is 8.23. The molecule has 2 fully saturated rings. The number of fused-ring (bicyclic) bond motifs is 2. The second-order valence-corrected chi connectivity index (χ2v) is 4.83. The number of halogens is 1. The van der Waals surface area contributed by atoms with E-state index in [-0.39, 0.29) is 12.1 Å². The van der Waals surface area contributed by atoms with E-state index in [1.54, 1.807) is 0 Å². The van der Waals surface area contributed by atoms with Gasteiger partial charge in [-0.2, -0.15) is 0 Å². The molecule has 0 aliphatic carbocycles. The molecule has 2 aliphatic rings. The topological polar surface area (TPSA) is 45.1 Å². The minimum atomic E-state index is -0.161. The fourth-order valence-electron chi connectivity index (χ4n) is 2.80. The Balaban J connectivity index is 1.83. The molecule has 2 aliphatic heterocycles. The number of pyridine rings is 1. The van der Waals surface area contributed by atoms with Crippen LogP contribution in [0.25, 0.3) is 0 Å². The second-order valence-electron chi connectivity index (χ2n) is 4.44. The number of hydrogen-bond donors (Lipinski definition) is 2. The lowest BCUT2D eigenvalue weighted by Crippen LogP contribution is -2.26. The van der Waals surface area contributed by atoms with Gasteiger partial charge in [0.25, 0.3) is 0 Å². The Kier molecular flexibility index (Phi) is 2.20. The van der Waals surface area contributed by atoms with Crippen LogP contribution in [0.15, 0.2) is 18.3 Å². The molecule has 3 nitrogen and oxygen atoms in total. The highest BCUT2D eigenvalue weighted by atomic mass is 35.5. The van der Waals surface area contributed by atoms with Crippen molar-refractivity contribution < 1.29 is 5.11 Å². The maximum absolute atomic E-state index is 9.63. The molecule has 0 aromatic carbocycles. The largest absolute Gasteiger partial charge is 0.391 e. The molecule has 3 rings (SSSR count). The highest BCUT2D eigenvalue weighted by Gasteiger charge is 2.45. The van der Waals surface area contributed by atoms with E-state index in [9.17, 15) is 5.11 Å². The average Bonchev–Trinajstić information content (AvgIpc) is 2.77. The monoisotopic (exact) mass is 224 g/mol. The summed E-state index contributed by atoms with van der Waals surface area (Å²) in [4.78, 5) is 4.10. The first-order valence-electron chi connectivity index (χ1n) is 5.29. The molecule has 4 atom stereocenters. The highest BCUT2D eigenvalue weighted by molar-refractivity contribution is 6.29. The van der Waals surface area contributed by atoms with Crippen molar-refractivity contribution in [3.05, 3.63) is 29.0 Å². The Hall–Kier alpha value is -0.640. The molecule has 1 aromatic rings. The minimum absolute atomic E-state index is 0.161. The normalized spacial score (nSPS) is 38.5. The number of rotatable bonds is 1. The second kappa shape index (κ2) is 3.44. The molecule has 4 heteroatoms. The molecule has 0 amide bonds. The van der Waals surface area contributed by atoms with Crippen LogP contribution in [0.2, 0.25) is 5.15 Å². The van der Waals surface area contributed by atoms with Crippen LogP contribution in [0.3, 0.4) is 0 Å². The lowest BCUT2D eigenvalue weighted by atomic mass is 9.83. The van der Waals surface area contributed by atoms with E-state index in [1.165, 1.54) is 5.56 Å². The summed E-state index contributed by atoms with van der Waals surface area (Å²) in [6.45, 7) is 0. The van der Waals surface area contributed by atoms with Crippen molar-refractivity contribution in [2.45, 2.75) is 36.9 Å². The van der Waals surface area contributed by atoms with Crippen LogP contribution in [0.4, 0.5) is 0 Å². The van der Waals surface area contributed by atoms with Gasteiger partial charge in [-0.3, -0.25) is 0 Å². The van der Waals surface area contributed by atoms with Gasteiger partial charge in [0.1, 0.15) is 5.15 Å². The van der Waals surface area contributed by atoms with Gasteiger partial charge in [-0.15, -0.1) is 0 Å². The third-order valence-corrected chi connectivity index (χ3v) is 3.78. The van der Waals surface area contributed by atoms with Crippen LogP contribution in [-0.4, -0.2) is 28.3 Å². The lowest BCUT2D eigenvalue weighted by Gasteiger charge is -2.23. The quantitative estimate of drug-likeness (QED) is 0.708. The Morgan fingerprint density at radius 1 is 1.33 bits per heavy atom. The zero-order valence-corrected chi connectivity index (χ0v) is 8.98. The Morgan fingerprint density at radius 3 is 2.73 bits per heavy atom. The van der Waals surface area contributed by atoms with Crippen LogP contribution in [0, 0.1) is 0 Å². The van der Waals surface area contributed by atoms with Crippen molar-refractivity contribution in [2.24, 2.45) is 0 Å². The molecular formula is C11H13ClN2O. The van der Waals surface area contributed by atoms with E-state index < -0.39 is 0 Å². The predicted octanol–water partition coefficient (Wildman–Crippen LogP) is 1.31. The maximum atomic E-state index is 9.63. The molecule has 1 aromatic heterocycles. The molecule has 0 saturated carbocycles. The highest BCUT2D eigenvalue weighted by Crippen LogP contribution is 2.39. The van der Waals surface area contributed by atoms with Crippen molar-refractivity contribution in [3.63, 3.8) is 0 Å². The van der Waals surface area contributed by atoms with Crippen LogP contribution in [0.5, 0.6) is 0 Å². The van der Waals surface area contributed by atoms with Crippen LogP contribution in [-0.2, 0) is 0 Å². The van der Waals surface area contributed by atoms with Crippen molar-refractivity contribution in [1.29, 1.82) is 0 Å². The number of aliphatic hydroxyl groups is 1. The summed E-state index contributed by atoms with van der Waals surface area (Å²) in [5.41, 5.74) is 1.23. The van der Waals surface area contributed by atoms with E-state index in [0.717, 1.165) is 12.8 Å². The number of hydrogen-bond acceptors (Lipinski definition) is 3. The molecule has 0 radical (unpaired) electrons. The Labute approximate surface area is 93.5 Å². The number of aliphatic hydroxyl groups excluding tert-OH is 1. The van der Waals surface area contributed by atoms with E-state index in [0.29, 0.717) is 17.1 Å². The third kappa shape index (κ3) is 1.55. The number of nitrogens with one attached hydrogen (secondary N) is 1. The van der Waals surface area contributed by atoms with Crippen molar-refractivity contribution in [3.8, 4) is 0 Å². The molecule has 15 heavy (non-hydrogen) atoms. The molecule has 2 bridgehead atoms. The summed E-state index contributed by atoms with van der Waals surface area (Å²) >= 11 is 5.75. The molecule has 2 saturated heterocycles. The van der Waals surface area contributed by atoms with Crippen LogP contribution < -0.4 is 5.32 Å². The summed E-state index contributed by atoms with van der Waals surface area (Å²) in [7, 11) is 0. The summed E-state index contributed by atoms with van der Waals surface area (Å²) < 4.78 is 0. The van der Waals surface area contributed by atoms with E-state index >= 15 is 0 Å². The fraction of sp³-hybridized carbons (Fsp3) is 0.545. The number of aromatic nitrogens is 1. The summed E-state index contributed by atoms with van der Waals surface area (Å²) in [6, 6.07) is 4.55.